The maximum Gasteiger partial charge on any atom is 0.315 e. The van der Waals surface area contributed by atoms with Crippen molar-refractivity contribution >= 4 is 11.9 Å². The molecule has 2 N–H and O–H groups in total. The Morgan fingerprint density at radius 1 is 1.36 bits per heavy atom. The molecule has 6 heteroatoms. The minimum Gasteiger partial charge on any atom is -0.341 e. The number of rotatable bonds is 4. The Balaban J connectivity index is 2.00. The molecule has 1 saturated heterocycles. The highest BCUT2D eigenvalue weighted by Gasteiger charge is 2.30. The molecule has 0 unspecified atom stereocenters. The van der Waals surface area contributed by atoms with Crippen molar-refractivity contribution in [2.75, 3.05) is 13.1 Å². The molecule has 0 aliphatic carbocycles. The zero-order valence-electron chi connectivity index (χ0n) is 15.4. The Hall–Kier alpha value is -2.11. The number of nitrogens with zero attached hydrogens (tertiary/aromatic N) is 1. The fraction of sp³-hybridized carbons (Fsp3) is 0.579. The summed E-state index contributed by atoms with van der Waals surface area (Å²) < 4.78 is 13.6. The van der Waals surface area contributed by atoms with Crippen molar-refractivity contribution in [3.8, 4) is 0 Å². The van der Waals surface area contributed by atoms with Crippen LogP contribution >= 0.6 is 0 Å². The van der Waals surface area contributed by atoms with Gasteiger partial charge in [0, 0.05) is 25.6 Å². The summed E-state index contributed by atoms with van der Waals surface area (Å²) in [7, 11) is 0. The first-order chi connectivity index (χ1) is 11.7. The standard InChI is InChI=1S/C19H28FN3O2/c1-5-16(24)23-10-9-15(12-23)21-18(25)22-17(19(2,3)4)13-7-6-8-14(20)11-13/h6-8,11,15,17H,5,9-10,12H2,1-4H3,(H2,21,22,25)/t15-,17+/m1/s1. The van der Waals surface area contributed by atoms with Crippen LogP contribution in [0.2, 0.25) is 0 Å². The average molecular weight is 349 g/mol. The van der Waals surface area contributed by atoms with Gasteiger partial charge in [0.05, 0.1) is 6.04 Å². The van der Waals surface area contributed by atoms with Gasteiger partial charge in [-0.05, 0) is 29.5 Å². The van der Waals surface area contributed by atoms with Crippen molar-refractivity contribution in [3.05, 3.63) is 35.6 Å². The smallest absolute Gasteiger partial charge is 0.315 e. The summed E-state index contributed by atoms with van der Waals surface area (Å²) in [5.41, 5.74) is 0.460. The van der Waals surface area contributed by atoms with E-state index in [1.807, 2.05) is 33.8 Å². The first-order valence-electron chi connectivity index (χ1n) is 8.81. The third kappa shape index (κ3) is 5.18. The monoisotopic (exact) mass is 349 g/mol. The molecule has 0 bridgehead atoms. The molecule has 1 aromatic carbocycles. The van der Waals surface area contributed by atoms with Crippen molar-refractivity contribution in [2.24, 2.45) is 5.41 Å². The fourth-order valence-corrected chi connectivity index (χ4v) is 3.17. The van der Waals surface area contributed by atoms with E-state index < -0.39 is 0 Å². The van der Waals surface area contributed by atoms with Crippen LogP contribution in [0.4, 0.5) is 9.18 Å². The lowest BCUT2D eigenvalue weighted by atomic mass is 9.82. The maximum absolute atomic E-state index is 13.6. The van der Waals surface area contributed by atoms with Gasteiger partial charge in [0.25, 0.3) is 0 Å². The molecule has 1 heterocycles. The van der Waals surface area contributed by atoms with Crippen LogP contribution in [0.1, 0.15) is 52.1 Å². The molecular formula is C19H28FN3O2. The quantitative estimate of drug-likeness (QED) is 0.877. The highest BCUT2D eigenvalue weighted by atomic mass is 19.1. The van der Waals surface area contributed by atoms with Crippen LogP contribution in [0, 0.1) is 11.2 Å². The van der Waals surface area contributed by atoms with E-state index in [9.17, 15) is 14.0 Å². The maximum atomic E-state index is 13.6. The van der Waals surface area contributed by atoms with E-state index in [2.05, 4.69) is 10.6 Å². The first-order valence-corrected chi connectivity index (χ1v) is 8.81. The molecule has 2 rings (SSSR count). The number of hydrogen-bond donors (Lipinski definition) is 2. The Labute approximate surface area is 149 Å². The van der Waals surface area contributed by atoms with Crippen LogP contribution < -0.4 is 10.6 Å². The largest absolute Gasteiger partial charge is 0.341 e. The van der Waals surface area contributed by atoms with Crippen LogP contribution in [0.5, 0.6) is 0 Å². The second kappa shape index (κ2) is 7.85. The second-order valence-corrected chi connectivity index (χ2v) is 7.65. The third-order valence-corrected chi connectivity index (χ3v) is 4.50. The van der Waals surface area contributed by atoms with Crippen LogP contribution in [0.3, 0.4) is 0 Å². The average Bonchev–Trinajstić information content (AvgIpc) is 2.99. The molecule has 1 aliphatic heterocycles. The molecule has 0 aromatic heterocycles. The number of nitrogens with one attached hydrogen (secondary N) is 2. The highest BCUT2D eigenvalue weighted by molar-refractivity contribution is 5.77. The summed E-state index contributed by atoms with van der Waals surface area (Å²) in [5, 5.41) is 5.90. The van der Waals surface area contributed by atoms with Crippen molar-refractivity contribution in [3.63, 3.8) is 0 Å². The molecule has 5 nitrogen and oxygen atoms in total. The number of likely N-dealkylation sites (tertiary alicyclic amines) is 1. The predicted octanol–water partition coefficient (Wildman–Crippen LogP) is 3.22. The van der Waals surface area contributed by atoms with E-state index in [-0.39, 0.29) is 35.3 Å². The third-order valence-electron chi connectivity index (χ3n) is 4.50. The Morgan fingerprint density at radius 3 is 2.68 bits per heavy atom. The number of benzene rings is 1. The summed E-state index contributed by atoms with van der Waals surface area (Å²) >= 11 is 0. The zero-order chi connectivity index (χ0) is 18.6. The molecule has 0 saturated carbocycles. The predicted molar refractivity (Wildman–Crippen MR) is 95.5 cm³/mol. The van der Waals surface area contributed by atoms with Crippen LogP contribution in [-0.4, -0.2) is 36.0 Å². The number of hydrogen-bond acceptors (Lipinski definition) is 2. The van der Waals surface area contributed by atoms with Crippen LogP contribution in [0.25, 0.3) is 0 Å². The van der Waals surface area contributed by atoms with Gasteiger partial charge < -0.3 is 15.5 Å². The minimum atomic E-state index is -0.321. The minimum absolute atomic E-state index is 0.0522. The van der Waals surface area contributed by atoms with Crippen molar-refractivity contribution in [1.29, 1.82) is 0 Å². The summed E-state index contributed by atoms with van der Waals surface area (Å²) in [5.74, 6) is -0.212. The topological polar surface area (TPSA) is 61.4 Å². The number of halogens is 1. The normalized spacial score (nSPS) is 18.8. The van der Waals surface area contributed by atoms with Gasteiger partial charge in [0.15, 0.2) is 0 Å². The second-order valence-electron chi connectivity index (χ2n) is 7.65. The Morgan fingerprint density at radius 2 is 2.08 bits per heavy atom. The Bertz CT molecular complexity index is 627. The summed E-state index contributed by atoms with van der Waals surface area (Å²) in [6.45, 7) is 9.05. The summed E-state index contributed by atoms with van der Waals surface area (Å²) in [6.07, 6.45) is 1.23. The van der Waals surface area contributed by atoms with Gasteiger partial charge in [-0.3, -0.25) is 4.79 Å². The molecular weight excluding hydrogens is 321 g/mol. The lowest BCUT2D eigenvalue weighted by Gasteiger charge is -2.32. The summed E-state index contributed by atoms with van der Waals surface area (Å²) in [4.78, 5) is 26.0. The lowest BCUT2D eigenvalue weighted by Crippen LogP contribution is -2.47. The molecule has 1 fully saturated rings. The molecule has 0 spiro atoms. The van der Waals surface area contributed by atoms with Gasteiger partial charge in [-0.25, -0.2) is 9.18 Å². The molecule has 25 heavy (non-hydrogen) atoms. The molecule has 1 aliphatic rings. The van der Waals surface area contributed by atoms with E-state index in [1.165, 1.54) is 12.1 Å². The van der Waals surface area contributed by atoms with Gasteiger partial charge in [0.2, 0.25) is 5.91 Å². The van der Waals surface area contributed by atoms with Gasteiger partial charge >= 0.3 is 6.03 Å². The van der Waals surface area contributed by atoms with Gasteiger partial charge in [-0.15, -0.1) is 0 Å². The zero-order valence-corrected chi connectivity index (χ0v) is 15.4. The van der Waals surface area contributed by atoms with Crippen molar-refractivity contribution in [2.45, 2.75) is 52.6 Å². The van der Waals surface area contributed by atoms with E-state index in [0.717, 1.165) is 12.0 Å². The van der Waals surface area contributed by atoms with Gasteiger partial charge in [0.1, 0.15) is 5.82 Å². The van der Waals surface area contributed by atoms with Gasteiger partial charge in [-0.1, -0.05) is 39.8 Å². The van der Waals surface area contributed by atoms with E-state index in [4.69, 9.17) is 0 Å². The van der Waals surface area contributed by atoms with Crippen LogP contribution in [0.15, 0.2) is 24.3 Å². The number of amides is 3. The number of carbonyl (C=O) groups is 2. The molecule has 138 valence electrons. The molecule has 2 atom stereocenters. The van der Waals surface area contributed by atoms with E-state index in [1.54, 1.807) is 11.0 Å². The number of urea groups is 1. The van der Waals surface area contributed by atoms with Crippen LogP contribution in [-0.2, 0) is 4.79 Å². The highest BCUT2D eigenvalue weighted by Crippen LogP contribution is 2.32. The SMILES string of the molecule is CCC(=O)N1CC[C@@H](NC(=O)N[C@@H](c2cccc(F)c2)C(C)(C)C)C1. The fourth-order valence-electron chi connectivity index (χ4n) is 3.17. The molecule has 3 amide bonds. The molecule has 0 radical (unpaired) electrons. The van der Waals surface area contributed by atoms with Crippen molar-refractivity contribution < 1.29 is 14.0 Å². The van der Waals surface area contributed by atoms with Gasteiger partial charge in [-0.2, -0.15) is 0 Å². The number of carbonyl (C=O) groups excluding carboxylic acids is 2. The van der Waals surface area contributed by atoms with E-state index in [0.29, 0.717) is 19.5 Å². The van der Waals surface area contributed by atoms with E-state index >= 15 is 0 Å². The Kier molecular flexibility index (Phi) is 6.03. The summed E-state index contributed by atoms with van der Waals surface area (Å²) in [6, 6.07) is 5.64. The van der Waals surface area contributed by atoms with Crippen molar-refractivity contribution in [1.82, 2.24) is 15.5 Å². The lowest BCUT2D eigenvalue weighted by molar-refractivity contribution is -0.129. The first kappa shape index (κ1) is 19.2. The molecule has 1 aromatic rings.